The third-order valence-electron chi connectivity index (χ3n) is 3.07. The van der Waals surface area contributed by atoms with Gasteiger partial charge in [-0.3, -0.25) is 9.59 Å². The van der Waals surface area contributed by atoms with Gasteiger partial charge in [-0.1, -0.05) is 6.07 Å². The smallest absolute Gasteiger partial charge is 0.280 e. The Bertz CT molecular complexity index is 784. The summed E-state index contributed by atoms with van der Waals surface area (Å²) < 4.78 is 13.1. The number of likely N-dealkylation sites (N-methyl/N-ethyl adjacent to an activating group) is 1. The van der Waals surface area contributed by atoms with Crippen molar-refractivity contribution in [2.24, 2.45) is 0 Å². The highest BCUT2D eigenvalue weighted by Crippen LogP contribution is 2.21. The number of anilines is 2. The molecule has 1 heterocycles. The summed E-state index contributed by atoms with van der Waals surface area (Å²) in [6.07, 6.45) is 0. The van der Waals surface area contributed by atoms with Crippen LogP contribution in [0.5, 0.6) is 0 Å². The van der Waals surface area contributed by atoms with Crippen molar-refractivity contribution >= 4 is 33.8 Å². The van der Waals surface area contributed by atoms with E-state index in [9.17, 15) is 14.0 Å². The summed E-state index contributed by atoms with van der Waals surface area (Å²) in [5.41, 5.74) is 0.782. The molecule has 1 atom stereocenters. The van der Waals surface area contributed by atoms with Crippen LogP contribution in [0.15, 0.2) is 35.7 Å². The topological polar surface area (TPSA) is 86.4 Å². The molecule has 0 bridgehead atoms. The van der Waals surface area contributed by atoms with E-state index in [0.717, 1.165) is 0 Å². The molecule has 2 rings (SSSR count). The lowest BCUT2D eigenvalue weighted by molar-refractivity contribution is -0.862. The summed E-state index contributed by atoms with van der Waals surface area (Å²) in [6.45, 7) is 0.124. The van der Waals surface area contributed by atoms with Crippen LogP contribution < -0.4 is 15.5 Å². The molecule has 2 aromatic rings. The van der Waals surface area contributed by atoms with Crippen molar-refractivity contribution in [1.82, 2.24) is 0 Å². The number of amides is 2. The average Bonchev–Trinajstić information content (AvgIpc) is 2.93. The van der Waals surface area contributed by atoms with Crippen LogP contribution in [-0.2, 0) is 9.59 Å². The van der Waals surface area contributed by atoms with Crippen LogP contribution in [0.2, 0.25) is 0 Å². The SMILES string of the molecule is C[NH+](CC(=O)Nc1cccc(F)c1)CC(=O)Nc1sccc1C#N. The number of rotatable bonds is 6. The van der Waals surface area contributed by atoms with Gasteiger partial charge in [0.05, 0.1) is 12.6 Å². The molecule has 6 nitrogen and oxygen atoms in total. The molecule has 0 saturated carbocycles. The zero-order chi connectivity index (χ0) is 17.5. The molecule has 0 aliphatic heterocycles. The molecule has 24 heavy (non-hydrogen) atoms. The molecular formula is C16H16FN4O2S+. The van der Waals surface area contributed by atoms with Crippen LogP contribution in [0.3, 0.4) is 0 Å². The molecule has 0 saturated heterocycles. The third kappa shape index (κ3) is 5.15. The normalized spacial score (nSPS) is 11.4. The predicted octanol–water partition coefficient (Wildman–Crippen LogP) is 0.851. The van der Waals surface area contributed by atoms with Gasteiger partial charge >= 0.3 is 0 Å². The molecule has 2 amide bonds. The molecule has 0 spiro atoms. The molecule has 1 aromatic heterocycles. The van der Waals surface area contributed by atoms with E-state index in [2.05, 4.69) is 10.6 Å². The van der Waals surface area contributed by atoms with Crippen LogP contribution in [0.1, 0.15) is 5.56 Å². The van der Waals surface area contributed by atoms with Gasteiger partial charge in [-0.2, -0.15) is 5.26 Å². The van der Waals surface area contributed by atoms with E-state index >= 15 is 0 Å². The second-order valence-corrected chi connectivity index (χ2v) is 6.11. The zero-order valence-corrected chi connectivity index (χ0v) is 13.7. The molecule has 3 N–H and O–H groups in total. The first-order valence-electron chi connectivity index (χ1n) is 7.12. The molecular weight excluding hydrogens is 331 g/mol. The number of benzene rings is 1. The Hall–Kier alpha value is -2.76. The summed E-state index contributed by atoms with van der Waals surface area (Å²) in [5, 5.41) is 16.4. The Labute approximate surface area is 142 Å². The van der Waals surface area contributed by atoms with Gasteiger partial charge in [0.1, 0.15) is 16.9 Å². The first-order chi connectivity index (χ1) is 11.5. The number of carbonyl (C=O) groups is 2. The maximum atomic E-state index is 13.1. The molecule has 124 valence electrons. The maximum absolute atomic E-state index is 13.1. The largest absolute Gasteiger partial charge is 0.322 e. The van der Waals surface area contributed by atoms with Gasteiger partial charge < -0.3 is 15.5 Å². The van der Waals surface area contributed by atoms with E-state index in [4.69, 9.17) is 5.26 Å². The maximum Gasteiger partial charge on any atom is 0.280 e. The number of nitrogens with zero attached hydrogens (tertiary/aromatic N) is 1. The number of hydrogen-bond acceptors (Lipinski definition) is 4. The minimum absolute atomic E-state index is 0.0550. The molecule has 0 fully saturated rings. The quantitative estimate of drug-likeness (QED) is 0.724. The van der Waals surface area contributed by atoms with E-state index in [1.807, 2.05) is 6.07 Å². The lowest BCUT2D eigenvalue weighted by atomic mass is 10.3. The highest BCUT2D eigenvalue weighted by molar-refractivity contribution is 7.14. The van der Waals surface area contributed by atoms with Crippen molar-refractivity contribution in [3.05, 3.63) is 47.1 Å². The second-order valence-electron chi connectivity index (χ2n) is 5.19. The Kier molecular flexibility index (Phi) is 6.01. The van der Waals surface area contributed by atoms with Crippen molar-refractivity contribution < 1.29 is 18.9 Å². The third-order valence-corrected chi connectivity index (χ3v) is 3.90. The van der Waals surface area contributed by atoms with Crippen molar-refractivity contribution in [2.45, 2.75) is 0 Å². The second kappa shape index (κ2) is 8.19. The van der Waals surface area contributed by atoms with Gasteiger partial charge in [0.15, 0.2) is 13.1 Å². The lowest BCUT2D eigenvalue weighted by Gasteiger charge is -2.13. The molecule has 0 radical (unpaired) electrons. The van der Waals surface area contributed by atoms with Gasteiger partial charge in [-0.25, -0.2) is 4.39 Å². The number of quaternary nitrogens is 1. The number of halogens is 1. The standard InChI is InChI=1S/C16H15FN4O2S/c1-21(9-14(22)19-13-4-2-3-12(17)7-13)10-15(23)20-16-11(8-18)5-6-24-16/h2-7H,9-10H2,1H3,(H,19,22)(H,20,23)/p+1. The average molecular weight is 347 g/mol. The zero-order valence-electron chi connectivity index (χ0n) is 12.9. The Morgan fingerprint density at radius 2 is 1.96 bits per heavy atom. The summed E-state index contributed by atoms with van der Waals surface area (Å²) in [7, 11) is 1.70. The Balaban J connectivity index is 1.82. The first kappa shape index (κ1) is 17.6. The highest BCUT2D eigenvalue weighted by Gasteiger charge is 2.16. The van der Waals surface area contributed by atoms with Gasteiger partial charge in [-0.05, 0) is 29.6 Å². The minimum Gasteiger partial charge on any atom is -0.322 e. The number of thiophene rings is 1. The monoisotopic (exact) mass is 347 g/mol. The molecule has 0 aliphatic rings. The van der Waals surface area contributed by atoms with Crippen LogP contribution in [-0.4, -0.2) is 32.0 Å². The predicted molar refractivity (Wildman–Crippen MR) is 89.3 cm³/mol. The molecule has 1 unspecified atom stereocenters. The number of nitriles is 1. The van der Waals surface area contributed by atoms with Gasteiger partial charge in [0, 0.05) is 5.69 Å². The van der Waals surface area contributed by atoms with E-state index < -0.39 is 5.82 Å². The fraction of sp³-hybridized carbons (Fsp3) is 0.188. The van der Waals surface area contributed by atoms with E-state index in [1.165, 1.54) is 29.5 Å². The fourth-order valence-corrected chi connectivity index (χ4v) is 2.80. The fourth-order valence-electron chi connectivity index (χ4n) is 2.05. The van der Waals surface area contributed by atoms with Crippen molar-refractivity contribution in [2.75, 3.05) is 30.8 Å². The Morgan fingerprint density at radius 3 is 2.62 bits per heavy atom. The summed E-state index contributed by atoms with van der Waals surface area (Å²) in [6, 6.07) is 9.22. The number of hydrogen-bond donors (Lipinski definition) is 3. The van der Waals surface area contributed by atoms with Gasteiger partial charge in [0.25, 0.3) is 11.8 Å². The van der Waals surface area contributed by atoms with Gasteiger partial charge in [-0.15, -0.1) is 11.3 Å². The van der Waals surface area contributed by atoms with Crippen molar-refractivity contribution in [1.29, 1.82) is 5.26 Å². The van der Waals surface area contributed by atoms with Crippen LogP contribution in [0, 0.1) is 17.1 Å². The van der Waals surface area contributed by atoms with Gasteiger partial charge in [0.2, 0.25) is 0 Å². The number of carbonyl (C=O) groups excluding carboxylic acids is 2. The number of nitrogens with one attached hydrogen (secondary N) is 3. The van der Waals surface area contributed by atoms with Crippen LogP contribution in [0.4, 0.5) is 15.1 Å². The van der Waals surface area contributed by atoms with E-state index in [0.29, 0.717) is 21.2 Å². The van der Waals surface area contributed by atoms with E-state index in [-0.39, 0.29) is 24.9 Å². The first-order valence-corrected chi connectivity index (χ1v) is 8.00. The van der Waals surface area contributed by atoms with Crippen LogP contribution in [0.25, 0.3) is 0 Å². The summed E-state index contributed by atoms with van der Waals surface area (Å²) in [5.74, 6) is -1.04. The van der Waals surface area contributed by atoms with Crippen molar-refractivity contribution in [3.8, 4) is 6.07 Å². The molecule has 0 aliphatic carbocycles. The lowest BCUT2D eigenvalue weighted by Crippen LogP contribution is -3.11. The summed E-state index contributed by atoms with van der Waals surface area (Å²) >= 11 is 1.27. The molecule has 1 aromatic carbocycles. The van der Waals surface area contributed by atoms with E-state index in [1.54, 1.807) is 24.6 Å². The minimum atomic E-state index is -0.433. The highest BCUT2D eigenvalue weighted by atomic mass is 32.1. The van der Waals surface area contributed by atoms with Crippen molar-refractivity contribution in [3.63, 3.8) is 0 Å². The summed E-state index contributed by atoms with van der Waals surface area (Å²) in [4.78, 5) is 24.5. The Morgan fingerprint density at radius 1 is 1.25 bits per heavy atom. The molecule has 8 heteroatoms. The van der Waals surface area contributed by atoms with Crippen LogP contribution >= 0.6 is 11.3 Å².